The summed E-state index contributed by atoms with van der Waals surface area (Å²) in [6, 6.07) is 6.60. The molecule has 6 nitrogen and oxygen atoms in total. The summed E-state index contributed by atoms with van der Waals surface area (Å²) >= 11 is 0. The number of amides is 1. The standard InChI is InChI=1S/C17H17F3N2O4S/c1-2-8-22(12-16(23)21-11-14-6-4-9-26-14)27(24,25)15-7-3-5-13(10-15)17(18,19)20/h2-7,9-10H,1,8,11-12H2,(H,21,23). The van der Waals surface area contributed by atoms with E-state index in [-0.39, 0.29) is 13.1 Å². The zero-order chi connectivity index (χ0) is 20.1. The molecule has 0 atom stereocenters. The van der Waals surface area contributed by atoms with Gasteiger partial charge >= 0.3 is 6.18 Å². The van der Waals surface area contributed by atoms with E-state index in [9.17, 15) is 26.4 Å². The summed E-state index contributed by atoms with van der Waals surface area (Å²) < 4.78 is 69.7. The first-order chi connectivity index (χ1) is 12.6. The van der Waals surface area contributed by atoms with Crippen molar-refractivity contribution in [3.63, 3.8) is 0 Å². The summed E-state index contributed by atoms with van der Waals surface area (Å²) in [5, 5.41) is 2.48. The number of carbonyl (C=O) groups is 1. The predicted molar refractivity (Wildman–Crippen MR) is 91.0 cm³/mol. The van der Waals surface area contributed by atoms with Crippen molar-refractivity contribution in [2.24, 2.45) is 0 Å². The van der Waals surface area contributed by atoms with E-state index in [1.165, 1.54) is 12.3 Å². The van der Waals surface area contributed by atoms with Crippen LogP contribution in [0.4, 0.5) is 13.2 Å². The lowest BCUT2D eigenvalue weighted by Gasteiger charge is -2.20. The van der Waals surface area contributed by atoms with Crippen molar-refractivity contribution < 1.29 is 30.8 Å². The molecular weight excluding hydrogens is 385 g/mol. The zero-order valence-electron chi connectivity index (χ0n) is 14.1. The molecule has 0 unspecified atom stereocenters. The van der Waals surface area contributed by atoms with Crippen molar-refractivity contribution in [3.8, 4) is 0 Å². The smallest absolute Gasteiger partial charge is 0.416 e. The SMILES string of the molecule is C=CCN(CC(=O)NCc1ccco1)S(=O)(=O)c1cccc(C(F)(F)F)c1. The highest BCUT2D eigenvalue weighted by atomic mass is 32.2. The van der Waals surface area contributed by atoms with Gasteiger partial charge in [-0.15, -0.1) is 6.58 Å². The van der Waals surface area contributed by atoms with Crippen LogP contribution in [0.15, 0.2) is 64.6 Å². The van der Waals surface area contributed by atoms with E-state index >= 15 is 0 Å². The maximum atomic E-state index is 12.9. The second-order valence-corrected chi connectivity index (χ2v) is 7.41. The molecule has 146 valence electrons. The summed E-state index contributed by atoms with van der Waals surface area (Å²) in [6.07, 6.45) is -2.02. The molecule has 0 fully saturated rings. The number of furan rings is 1. The second-order valence-electron chi connectivity index (χ2n) is 5.47. The third kappa shape index (κ3) is 5.44. The third-order valence-electron chi connectivity index (χ3n) is 3.49. The summed E-state index contributed by atoms with van der Waals surface area (Å²) in [7, 11) is -4.34. The number of sulfonamides is 1. The van der Waals surface area contributed by atoms with Gasteiger partial charge in [0.2, 0.25) is 15.9 Å². The molecule has 1 amide bonds. The van der Waals surface area contributed by atoms with Crippen LogP contribution in [0, 0.1) is 0 Å². The first-order valence-corrected chi connectivity index (χ1v) is 9.16. The Morgan fingerprint density at radius 2 is 2.00 bits per heavy atom. The van der Waals surface area contributed by atoms with Gasteiger partial charge in [0.1, 0.15) is 5.76 Å². The van der Waals surface area contributed by atoms with Gasteiger partial charge in [-0.3, -0.25) is 4.79 Å². The molecule has 2 rings (SSSR count). The molecule has 0 aliphatic heterocycles. The second kappa shape index (κ2) is 8.40. The molecule has 1 N–H and O–H groups in total. The molecule has 1 aromatic carbocycles. The minimum Gasteiger partial charge on any atom is -0.467 e. The highest BCUT2D eigenvalue weighted by Gasteiger charge is 2.33. The van der Waals surface area contributed by atoms with E-state index in [0.717, 1.165) is 22.5 Å². The molecule has 0 spiro atoms. The van der Waals surface area contributed by atoms with Crippen LogP contribution in [0.2, 0.25) is 0 Å². The number of alkyl halides is 3. The number of benzene rings is 1. The van der Waals surface area contributed by atoms with E-state index in [4.69, 9.17) is 4.42 Å². The highest BCUT2D eigenvalue weighted by molar-refractivity contribution is 7.89. The first kappa shape index (κ1) is 20.7. The van der Waals surface area contributed by atoms with Crippen LogP contribution >= 0.6 is 0 Å². The molecule has 1 aromatic heterocycles. The zero-order valence-corrected chi connectivity index (χ0v) is 14.9. The van der Waals surface area contributed by atoms with Crippen LogP contribution in [0.1, 0.15) is 11.3 Å². The van der Waals surface area contributed by atoms with Crippen molar-refractivity contribution in [1.82, 2.24) is 9.62 Å². The monoisotopic (exact) mass is 402 g/mol. The van der Waals surface area contributed by atoms with Crippen molar-refractivity contribution in [1.29, 1.82) is 0 Å². The van der Waals surface area contributed by atoms with Crippen molar-refractivity contribution in [2.45, 2.75) is 17.6 Å². The fraction of sp³-hybridized carbons (Fsp3) is 0.235. The third-order valence-corrected chi connectivity index (χ3v) is 5.30. The number of rotatable bonds is 8. The number of hydrogen-bond donors (Lipinski definition) is 1. The molecule has 27 heavy (non-hydrogen) atoms. The van der Waals surface area contributed by atoms with Gasteiger partial charge in [0.15, 0.2) is 0 Å². The van der Waals surface area contributed by atoms with Crippen LogP contribution in [-0.2, 0) is 27.5 Å². The summed E-state index contributed by atoms with van der Waals surface area (Å²) in [4.78, 5) is 11.5. The van der Waals surface area contributed by atoms with Crippen LogP contribution in [0.5, 0.6) is 0 Å². The molecule has 0 saturated carbocycles. The molecule has 0 bridgehead atoms. The fourth-order valence-electron chi connectivity index (χ4n) is 2.19. The molecule has 1 heterocycles. The minimum atomic E-state index is -4.69. The van der Waals surface area contributed by atoms with Gasteiger partial charge in [-0.2, -0.15) is 17.5 Å². The fourth-order valence-corrected chi connectivity index (χ4v) is 3.60. The lowest BCUT2D eigenvalue weighted by molar-refractivity contribution is -0.137. The predicted octanol–water partition coefficient (Wildman–Crippen LogP) is 2.79. The molecule has 0 saturated heterocycles. The number of nitrogens with zero attached hydrogens (tertiary/aromatic N) is 1. The number of carbonyl (C=O) groups excluding carboxylic acids is 1. The Kier molecular flexibility index (Phi) is 6.45. The number of hydrogen-bond acceptors (Lipinski definition) is 4. The van der Waals surface area contributed by atoms with Crippen molar-refractivity contribution in [3.05, 3.63) is 66.6 Å². The molecule has 2 aromatic rings. The molecule has 10 heteroatoms. The topological polar surface area (TPSA) is 79.6 Å². The van der Waals surface area contributed by atoms with Gasteiger partial charge in [0.25, 0.3) is 0 Å². The minimum absolute atomic E-state index is 0.0529. The van der Waals surface area contributed by atoms with Gasteiger partial charge in [-0.25, -0.2) is 8.42 Å². The van der Waals surface area contributed by atoms with E-state index in [1.54, 1.807) is 12.1 Å². The van der Waals surface area contributed by atoms with E-state index in [2.05, 4.69) is 11.9 Å². The van der Waals surface area contributed by atoms with Gasteiger partial charge in [0.05, 0.1) is 29.8 Å². The Morgan fingerprint density at radius 1 is 1.26 bits per heavy atom. The first-order valence-electron chi connectivity index (χ1n) is 7.72. The lowest BCUT2D eigenvalue weighted by Crippen LogP contribution is -2.40. The van der Waals surface area contributed by atoms with Gasteiger partial charge in [-0.05, 0) is 30.3 Å². The summed E-state index contributed by atoms with van der Waals surface area (Å²) in [6.45, 7) is 2.66. The molecule has 0 aliphatic carbocycles. The average molecular weight is 402 g/mol. The Labute approximate surface area is 154 Å². The quantitative estimate of drug-likeness (QED) is 0.689. The van der Waals surface area contributed by atoms with Crippen LogP contribution in [-0.4, -0.2) is 31.7 Å². The average Bonchev–Trinajstić information content (AvgIpc) is 3.12. The van der Waals surface area contributed by atoms with Crippen molar-refractivity contribution in [2.75, 3.05) is 13.1 Å². The summed E-state index contributed by atoms with van der Waals surface area (Å²) in [5.74, 6) is -0.164. The number of halogens is 3. The molecule has 0 radical (unpaired) electrons. The van der Waals surface area contributed by atoms with E-state index in [0.29, 0.717) is 11.8 Å². The van der Waals surface area contributed by atoms with Crippen LogP contribution in [0.3, 0.4) is 0 Å². The van der Waals surface area contributed by atoms with Crippen molar-refractivity contribution >= 4 is 15.9 Å². The van der Waals surface area contributed by atoms with Gasteiger partial charge in [0, 0.05) is 6.54 Å². The molecular formula is C17H17F3N2O4S. The highest BCUT2D eigenvalue weighted by Crippen LogP contribution is 2.31. The van der Waals surface area contributed by atoms with Gasteiger partial charge in [-0.1, -0.05) is 12.1 Å². The maximum Gasteiger partial charge on any atom is 0.416 e. The van der Waals surface area contributed by atoms with Crippen LogP contribution in [0.25, 0.3) is 0 Å². The Morgan fingerprint density at radius 3 is 2.59 bits per heavy atom. The summed E-state index contributed by atoms with van der Waals surface area (Å²) in [5.41, 5.74) is -1.09. The van der Waals surface area contributed by atoms with Crippen LogP contribution < -0.4 is 5.32 Å². The Hall–Kier alpha value is -2.59. The lowest BCUT2D eigenvalue weighted by atomic mass is 10.2. The van der Waals surface area contributed by atoms with E-state index in [1.807, 2.05) is 0 Å². The number of nitrogens with one attached hydrogen (secondary N) is 1. The van der Waals surface area contributed by atoms with E-state index < -0.39 is 39.1 Å². The Balaban J connectivity index is 2.18. The normalized spacial score (nSPS) is 12.1. The maximum absolute atomic E-state index is 12.9. The van der Waals surface area contributed by atoms with Gasteiger partial charge < -0.3 is 9.73 Å². The largest absolute Gasteiger partial charge is 0.467 e. The Bertz CT molecular complexity index is 893. The molecule has 0 aliphatic rings.